The van der Waals surface area contributed by atoms with Crippen molar-refractivity contribution < 1.29 is 9.47 Å². The summed E-state index contributed by atoms with van der Waals surface area (Å²) in [6.45, 7) is 1.86. The van der Waals surface area contributed by atoms with Gasteiger partial charge in [0.2, 0.25) is 0 Å². The maximum Gasteiger partial charge on any atom is 0.146 e. The lowest BCUT2D eigenvalue weighted by atomic mass is 10.1. The molecule has 0 aliphatic heterocycles. The van der Waals surface area contributed by atoms with Crippen LogP contribution in [0.2, 0.25) is 0 Å². The summed E-state index contributed by atoms with van der Waals surface area (Å²) in [4.78, 5) is 8.75. The summed E-state index contributed by atoms with van der Waals surface area (Å²) < 4.78 is 11.5. The van der Waals surface area contributed by atoms with Gasteiger partial charge in [-0.25, -0.2) is 9.97 Å². The molecule has 0 fully saturated rings. The first-order valence-electron chi connectivity index (χ1n) is 6.05. The molecule has 2 aromatic rings. The molecule has 6 heteroatoms. The van der Waals surface area contributed by atoms with E-state index in [0.717, 1.165) is 21.5 Å². The minimum Gasteiger partial charge on any atom is -0.495 e. The number of nitrogens with zero attached hydrogens (tertiary/aromatic N) is 2. The first kappa shape index (κ1) is 14.6. The molecule has 1 N–H and O–H groups in total. The highest BCUT2D eigenvalue weighted by atomic mass is 79.9. The van der Waals surface area contributed by atoms with Crippen LogP contribution in [0.1, 0.15) is 5.82 Å². The van der Waals surface area contributed by atoms with Crippen molar-refractivity contribution in [2.45, 2.75) is 6.92 Å². The van der Waals surface area contributed by atoms with E-state index < -0.39 is 0 Å². The first-order valence-corrected chi connectivity index (χ1v) is 6.84. The van der Waals surface area contributed by atoms with Gasteiger partial charge in [0.1, 0.15) is 27.6 Å². The van der Waals surface area contributed by atoms with E-state index in [-0.39, 0.29) is 0 Å². The van der Waals surface area contributed by atoms with Gasteiger partial charge in [0, 0.05) is 18.7 Å². The highest BCUT2D eigenvalue weighted by Gasteiger charge is 2.16. The van der Waals surface area contributed by atoms with Crippen LogP contribution in [0.3, 0.4) is 0 Å². The molecule has 1 aromatic carbocycles. The highest BCUT2D eigenvalue weighted by molar-refractivity contribution is 9.10. The number of ether oxygens (including phenoxy) is 2. The number of aromatic nitrogens is 2. The third-order valence-corrected chi connectivity index (χ3v) is 3.61. The fourth-order valence-electron chi connectivity index (χ4n) is 1.93. The molecule has 0 spiro atoms. The van der Waals surface area contributed by atoms with E-state index in [4.69, 9.17) is 9.47 Å². The Morgan fingerprint density at radius 1 is 1.15 bits per heavy atom. The summed E-state index contributed by atoms with van der Waals surface area (Å²) in [6, 6.07) is 5.67. The van der Waals surface area contributed by atoms with Crippen molar-refractivity contribution in [1.82, 2.24) is 9.97 Å². The molecule has 0 amide bonds. The molecule has 20 heavy (non-hydrogen) atoms. The zero-order valence-electron chi connectivity index (χ0n) is 11.8. The van der Waals surface area contributed by atoms with Gasteiger partial charge in [0.15, 0.2) is 0 Å². The number of hydrogen-bond donors (Lipinski definition) is 1. The van der Waals surface area contributed by atoms with Crippen LogP contribution in [0.25, 0.3) is 11.3 Å². The molecule has 1 aromatic heterocycles. The van der Waals surface area contributed by atoms with E-state index in [9.17, 15) is 0 Å². The third kappa shape index (κ3) is 2.70. The van der Waals surface area contributed by atoms with E-state index in [0.29, 0.717) is 17.3 Å². The van der Waals surface area contributed by atoms with Gasteiger partial charge in [0.25, 0.3) is 0 Å². The molecule has 106 valence electrons. The largest absolute Gasteiger partial charge is 0.495 e. The van der Waals surface area contributed by atoms with Gasteiger partial charge in [-0.1, -0.05) is 0 Å². The SMILES string of the molecule is CNc1cc(-c2ccc(OC)c(Br)c2OC)nc(C)n1. The number of methoxy groups -OCH3 is 2. The lowest BCUT2D eigenvalue weighted by Gasteiger charge is -2.14. The Kier molecular flexibility index (Phi) is 4.44. The second-order valence-electron chi connectivity index (χ2n) is 4.10. The Bertz CT molecular complexity index is 632. The van der Waals surface area contributed by atoms with Crippen LogP contribution in [-0.2, 0) is 0 Å². The smallest absolute Gasteiger partial charge is 0.146 e. The Labute approximate surface area is 126 Å². The van der Waals surface area contributed by atoms with Crippen LogP contribution >= 0.6 is 15.9 Å². The summed E-state index contributed by atoms with van der Waals surface area (Å²) in [5.41, 5.74) is 1.67. The lowest BCUT2D eigenvalue weighted by molar-refractivity contribution is 0.390. The van der Waals surface area contributed by atoms with Crippen molar-refractivity contribution in [3.8, 4) is 22.8 Å². The average molecular weight is 338 g/mol. The molecule has 0 saturated heterocycles. The van der Waals surface area contributed by atoms with Crippen LogP contribution in [-0.4, -0.2) is 31.2 Å². The number of rotatable bonds is 4. The van der Waals surface area contributed by atoms with Crippen LogP contribution in [0.5, 0.6) is 11.5 Å². The van der Waals surface area contributed by atoms with E-state index in [1.165, 1.54) is 0 Å². The van der Waals surface area contributed by atoms with Gasteiger partial charge < -0.3 is 14.8 Å². The van der Waals surface area contributed by atoms with E-state index in [2.05, 4.69) is 31.2 Å². The Morgan fingerprint density at radius 3 is 2.50 bits per heavy atom. The number of halogens is 1. The van der Waals surface area contributed by atoms with Gasteiger partial charge in [-0.3, -0.25) is 0 Å². The predicted molar refractivity (Wildman–Crippen MR) is 82.6 cm³/mol. The predicted octanol–water partition coefficient (Wildman–Crippen LogP) is 3.27. The molecular formula is C14H16BrN3O2. The summed E-state index contributed by atoms with van der Waals surface area (Å²) in [7, 11) is 5.07. The Balaban J connectivity index is 2.63. The second kappa shape index (κ2) is 6.09. The Morgan fingerprint density at radius 2 is 1.90 bits per heavy atom. The fraction of sp³-hybridized carbons (Fsp3) is 0.286. The summed E-state index contributed by atoms with van der Waals surface area (Å²) in [6.07, 6.45) is 0. The van der Waals surface area contributed by atoms with Gasteiger partial charge >= 0.3 is 0 Å². The zero-order valence-corrected chi connectivity index (χ0v) is 13.4. The molecule has 5 nitrogen and oxygen atoms in total. The molecule has 0 atom stereocenters. The standard InChI is InChI=1S/C14H16BrN3O2/c1-8-17-10(7-12(16-2)18-8)9-5-6-11(19-3)13(15)14(9)20-4/h5-7H,1-4H3,(H,16,17,18). The van der Waals surface area contributed by atoms with Crippen LogP contribution in [0.4, 0.5) is 5.82 Å². The molecule has 0 aliphatic carbocycles. The minimum atomic E-state index is 0.685. The first-order chi connectivity index (χ1) is 9.60. The molecule has 0 radical (unpaired) electrons. The average Bonchev–Trinajstić information content (AvgIpc) is 2.46. The normalized spacial score (nSPS) is 10.2. The van der Waals surface area contributed by atoms with Crippen molar-refractivity contribution in [3.05, 3.63) is 28.5 Å². The zero-order chi connectivity index (χ0) is 14.7. The van der Waals surface area contributed by atoms with Crippen molar-refractivity contribution >= 4 is 21.7 Å². The quantitative estimate of drug-likeness (QED) is 0.927. The van der Waals surface area contributed by atoms with Crippen LogP contribution < -0.4 is 14.8 Å². The highest BCUT2D eigenvalue weighted by Crippen LogP contribution is 2.41. The molecule has 0 aliphatic rings. The van der Waals surface area contributed by atoms with Gasteiger partial charge in [-0.05, 0) is 35.0 Å². The van der Waals surface area contributed by atoms with Gasteiger partial charge in [-0.2, -0.15) is 0 Å². The van der Waals surface area contributed by atoms with Crippen molar-refractivity contribution in [1.29, 1.82) is 0 Å². The van der Waals surface area contributed by atoms with Crippen molar-refractivity contribution in [2.24, 2.45) is 0 Å². The minimum absolute atomic E-state index is 0.685. The maximum absolute atomic E-state index is 5.48. The maximum atomic E-state index is 5.48. The topological polar surface area (TPSA) is 56.3 Å². The molecule has 0 saturated carbocycles. The lowest BCUT2D eigenvalue weighted by Crippen LogP contribution is -2.00. The number of hydrogen-bond acceptors (Lipinski definition) is 5. The molecule has 1 heterocycles. The molecular weight excluding hydrogens is 322 g/mol. The number of nitrogens with one attached hydrogen (secondary N) is 1. The van der Waals surface area contributed by atoms with Crippen LogP contribution in [0, 0.1) is 6.92 Å². The summed E-state index contributed by atoms with van der Waals surface area (Å²) >= 11 is 3.49. The van der Waals surface area contributed by atoms with E-state index >= 15 is 0 Å². The monoisotopic (exact) mass is 337 g/mol. The van der Waals surface area contributed by atoms with Crippen molar-refractivity contribution in [3.63, 3.8) is 0 Å². The molecule has 0 unspecified atom stereocenters. The van der Waals surface area contributed by atoms with Gasteiger partial charge in [-0.15, -0.1) is 0 Å². The number of aryl methyl sites for hydroxylation is 1. The molecule has 2 rings (SSSR count). The van der Waals surface area contributed by atoms with Crippen molar-refractivity contribution in [2.75, 3.05) is 26.6 Å². The van der Waals surface area contributed by atoms with Gasteiger partial charge in [0.05, 0.1) is 19.9 Å². The van der Waals surface area contributed by atoms with E-state index in [1.807, 2.05) is 32.2 Å². The summed E-state index contributed by atoms with van der Waals surface area (Å²) in [5.74, 6) is 2.86. The number of anilines is 1. The fourth-order valence-corrected chi connectivity index (χ4v) is 2.60. The Hall–Kier alpha value is -1.82. The van der Waals surface area contributed by atoms with Crippen LogP contribution in [0.15, 0.2) is 22.7 Å². The van der Waals surface area contributed by atoms with E-state index in [1.54, 1.807) is 14.2 Å². The third-order valence-electron chi connectivity index (χ3n) is 2.86. The molecule has 0 bridgehead atoms. The second-order valence-corrected chi connectivity index (χ2v) is 4.89. The summed E-state index contributed by atoms with van der Waals surface area (Å²) in [5, 5.41) is 3.02. The number of benzene rings is 1.